The fourth-order valence-electron chi connectivity index (χ4n) is 4.74. The molecule has 10 nitrogen and oxygen atoms in total. The average Bonchev–Trinajstić information content (AvgIpc) is 3.05. The van der Waals surface area contributed by atoms with Crippen molar-refractivity contribution in [1.29, 1.82) is 5.26 Å². The Morgan fingerprint density at radius 3 is 2.30 bits per heavy atom. The van der Waals surface area contributed by atoms with Crippen LogP contribution in [0.15, 0.2) is 83.9 Å². The fraction of sp³-hybridized carbons (Fsp3) is 0.273. The van der Waals surface area contributed by atoms with Crippen molar-refractivity contribution in [2.75, 3.05) is 23.3 Å². The summed E-state index contributed by atoms with van der Waals surface area (Å²) in [5, 5.41) is 33.0. The lowest BCUT2D eigenvalue weighted by Crippen LogP contribution is -2.37. The lowest BCUT2D eigenvalue weighted by atomic mass is 9.93. The van der Waals surface area contributed by atoms with Crippen molar-refractivity contribution in [3.05, 3.63) is 95.6 Å². The number of carbonyl (C=O) groups excluding carboxylic acids is 1. The van der Waals surface area contributed by atoms with E-state index in [1.807, 2.05) is 30.3 Å². The van der Waals surface area contributed by atoms with Gasteiger partial charge in [-0.2, -0.15) is 5.26 Å². The van der Waals surface area contributed by atoms with Gasteiger partial charge in [-0.1, -0.05) is 30.3 Å². The number of aliphatic hydroxyl groups is 1. The largest absolute Gasteiger partial charge is 0.573 e. The Morgan fingerprint density at radius 2 is 1.72 bits per heavy atom. The van der Waals surface area contributed by atoms with Crippen LogP contribution < -0.4 is 20.3 Å². The number of carboxylic acids is 1. The van der Waals surface area contributed by atoms with E-state index >= 15 is 0 Å². The van der Waals surface area contributed by atoms with E-state index in [0.29, 0.717) is 11.4 Å². The zero-order chi connectivity index (χ0) is 33.1. The van der Waals surface area contributed by atoms with Gasteiger partial charge in [-0.15, -0.1) is 13.2 Å². The van der Waals surface area contributed by atoms with E-state index in [0.717, 1.165) is 48.9 Å². The van der Waals surface area contributed by atoms with Crippen LogP contribution in [0.3, 0.4) is 0 Å². The zero-order valence-corrected chi connectivity index (χ0v) is 24.6. The predicted molar refractivity (Wildman–Crippen MR) is 166 cm³/mol. The molecular formula is C33H32F3N5O5. The predicted octanol–water partition coefficient (Wildman–Crippen LogP) is 5.72. The number of allylic oxidation sites excluding steroid dienone is 2. The quantitative estimate of drug-likeness (QED) is 0.119. The van der Waals surface area contributed by atoms with Crippen molar-refractivity contribution >= 4 is 34.8 Å². The third kappa shape index (κ3) is 9.83. The van der Waals surface area contributed by atoms with Crippen molar-refractivity contribution in [3.8, 4) is 11.8 Å². The summed E-state index contributed by atoms with van der Waals surface area (Å²) >= 11 is 0. The van der Waals surface area contributed by atoms with Crippen LogP contribution in [0, 0.1) is 11.3 Å². The van der Waals surface area contributed by atoms with Gasteiger partial charge in [0.25, 0.3) is 5.91 Å². The Kier molecular flexibility index (Phi) is 11.4. The highest BCUT2D eigenvalue weighted by atomic mass is 19.4. The first-order chi connectivity index (χ1) is 22.0. The Balaban J connectivity index is 1.61. The molecule has 0 aliphatic heterocycles. The van der Waals surface area contributed by atoms with Crippen LogP contribution in [0.4, 0.5) is 24.5 Å². The number of aliphatic carboxylic acids is 1. The molecule has 0 saturated heterocycles. The second-order valence-electron chi connectivity index (χ2n) is 10.4. The van der Waals surface area contributed by atoms with Gasteiger partial charge in [-0.05, 0) is 90.9 Å². The molecule has 1 aliphatic carbocycles. The highest BCUT2D eigenvalue weighted by molar-refractivity contribution is 6.05. The molecule has 1 amide bonds. The van der Waals surface area contributed by atoms with Crippen molar-refractivity contribution in [2.24, 2.45) is 4.99 Å². The molecule has 0 spiro atoms. The Morgan fingerprint density at radius 1 is 1.02 bits per heavy atom. The minimum absolute atomic E-state index is 0.208. The van der Waals surface area contributed by atoms with E-state index < -0.39 is 30.9 Å². The van der Waals surface area contributed by atoms with Gasteiger partial charge >= 0.3 is 12.3 Å². The van der Waals surface area contributed by atoms with E-state index in [9.17, 15) is 33.1 Å². The number of rotatable bonds is 11. The number of aliphatic hydroxyl groups excluding tert-OH is 1. The van der Waals surface area contributed by atoms with Crippen molar-refractivity contribution < 1.29 is 37.7 Å². The SMILES string of the molecule is N#CCN=C(Nc1ccc(OC(F)(F)F)cc1)N(Cc1ccc(C(=O)NC[C@@H](O)C(=O)O)cc1)c1ccc(C2=CCCCC2)cc1. The minimum atomic E-state index is -4.83. The number of hydrogen-bond acceptors (Lipinski definition) is 6. The first-order valence-corrected chi connectivity index (χ1v) is 14.4. The molecule has 1 atom stereocenters. The van der Waals surface area contributed by atoms with E-state index in [2.05, 4.69) is 26.4 Å². The number of guanidine groups is 1. The molecule has 4 N–H and O–H groups in total. The average molecular weight is 636 g/mol. The van der Waals surface area contributed by atoms with Crippen LogP contribution >= 0.6 is 0 Å². The fourth-order valence-corrected chi connectivity index (χ4v) is 4.74. The summed E-state index contributed by atoms with van der Waals surface area (Å²) in [7, 11) is 0. The van der Waals surface area contributed by atoms with Crippen LogP contribution in [0.25, 0.3) is 5.57 Å². The smallest absolute Gasteiger partial charge is 0.479 e. The zero-order valence-electron chi connectivity index (χ0n) is 24.6. The number of nitrogens with one attached hydrogen (secondary N) is 2. The maximum absolute atomic E-state index is 12.7. The van der Waals surface area contributed by atoms with E-state index in [4.69, 9.17) is 5.11 Å². The monoisotopic (exact) mass is 635 g/mol. The molecule has 13 heteroatoms. The maximum Gasteiger partial charge on any atom is 0.573 e. The lowest BCUT2D eigenvalue weighted by molar-refractivity contribution is -0.274. The summed E-state index contributed by atoms with van der Waals surface area (Å²) in [4.78, 5) is 29.5. The molecule has 0 aromatic heterocycles. The number of nitriles is 1. The number of benzene rings is 3. The third-order valence-corrected chi connectivity index (χ3v) is 7.04. The maximum atomic E-state index is 12.7. The van der Waals surface area contributed by atoms with Crippen molar-refractivity contribution in [3.63, 3.8) is 0 Å². The van der Waals surface area contributed by atoms with Gasteiger partial charge in [0, 0.05) is 16.9 Å². The Hall–Kier alpha value is -5.35. The van der Waals surface area contributed by atoms with E-state index in [-0.39, 0.29) is 30.4 Å². The molecule has 0 bridgehead atoms. The number of carboxylic acid groups (broad SMARTS) is 1. The van der Waals surface area contributed by atoms with Gasteiger partial charge < -0.3 is 30.5 Å². The number of carbonyl (C=O) groups is 2. The van der Waals surface area contributed by atoms with Crippen molar-refractivity contribution in [2.45, 2.75) is 44.7 Å². The number of aliphatic imine (C=N–C) groups is 1. The minimum Gasteiger partial charge on any atom is -0.479 e. The molecule has 0 unspecified atom stereocenters. The molecule has 3 aromatic rings. The van der Waals surface area contributed by atoms with Crippen molar-refractivity contribution in [1.82, 2.24) is 5.32 Å². The molecule has 0 heterocycles. The van der Waals surface area contributed by atoms with Crippen LogP contribution in [0.5, 0.6) is 5.75 Å². The number of ether oxygens (including phenoxy) is 1. The molecule has 4 rings (SSSR count). The molecule has 1 aliphatic rings. The van der Waals surface area contributed by atoms with Crippen LogP contribution in [-0.4, -0.2) is 53.6 Å². The molecular weight excluding hydrogens is 603 g/mol. The lowest BCUT2D eigenvalue weighted by Gasteiger charge is -2.28. The molecule has 3 aromatic carbocycles. The molecule has 0 saturated carbocycles. The van der Waals surface area contributed by atoms with Gasteiger partial charge in [0.05, 0.1) is 19.2 Å². The second kappa shape index (κ2) is 15.6. The first kappa shape index (κ1) is 33.5. The summed E-state index contributed by atoms with van der Waals surface area (Å²) in [6, 6.07) is 21.4. The van der Waals surface area contributed by atoms with E-state index in [1.54, 1.807) is 29.2 Å². The summed E-state index contributed by atoms with van der Waals surface area (Å²) in [5.74, 6) is -2.15. The highest BCUT2D eigenvalue weighted by Crippen LogP contribution is 2.29. The first-order valence-electron chi connectivity index (χ1n) is 14.4. The number of hydrogen-bond donors (Lipinski definition) is 4. The Bertz CT molecular complexity index is 1600. The van der Waals surface area contributed by atoms with E-state index in [1.165, 1.54) is 17.7 Å². The van der Waals surface area contributed by atoms with Crippen LogP contribution in [0.2, 0.25) is 0 Å². The second-order valence-corrected chi connectivity index (χ2v) is 10.4. The number of anilines is 2. The van der Waals surface area contributed by atoms with Crippen LogP contribution in [0.1, 0.15) is 47.2 Å². The van der Waals surface area contributed by atoms with Gasteiger partial charge in [0.2, 0.25) is 5.96 Å². The van der Waals surface area contributed by atoms with Gasteiger partial charge in [-0.3, -0.25) is 4.79 Å². The number of nitrogens with zero attached hydrogens (tertiary/aromatic N) is 3. The summed E-state index contributed by atoms with van der Waals surface area (Å²) in [6.45, 7) is -0.446. The normalized spacial score (nSPS) is 14.0. The molecule has 0 radical (unpaired) electrons. The third-order valence-electron chi connectivity index (χ3n) is 7.04. The number of alkyl halides is 3. The summed E-state index contributed by atoms with van der Waals surface area (Å²) in [6.07, 6.45) is -0.0276. The van der Waals surface area contributed by atoms with Crippen LogP contribution in [-0.2, 0) is 11.3 Å². The summed E-state index contributed by atoms with van der Waals surface area (Å²) in [5.41, 5.74) is 4.46. The Labute approximate surface area is 263 Å². The van der Waals surface area contributed by atoms with Gasteiger partial charge in [-0.25, -0.2) is 9.79 Å². The van der Waals surface area contributed by atoms with Gasteiger partial charge in [0.15, 0.2) is 6.10 Å². The summed E-state index contributed by atoms with van der Waals surface area (Å²) < 4.78 is 41.9. The number of halogens is 3. The topological polar surface area (TPSA) is 147 Å². The standard InChI is InChI=1S/C33H32F3N5O5/c34-33(35,36)46-28-16-12-26(13-17-28)40-32(38-19-18-37)41(27-14-10-24(11-15-27)23-4-2-1-3-5-23)21-22-6-8-25(9-7-22)30(43)39-20-29(42)31(44)45/h4,6-17,29,42H,1-3,5,19-21H2,(H,38,40)(H,39,43)(H,44,45)/t29-/m1/s1. The molecule has 46 heavy (non-hydrogen) atoms. The molecule has 240 valence electrons. The number of amides is 1. The molecule has 0 fully saturated rings. The highest BCUT2D eigenvalue weighted by Gasteiger charge is 2.31. The van der Waals surface area contributed by atoms with Gasteiger partial charge in [0.1, 0.15) is 12.3 Å².